The van der Waals surface area contributed by atoms with Gasteiger partial charge in [-0.1, -0.05) is 17.7 Å². The average Bonchev–Trinajstić information content (AvgIpc) is 3.38. The van der Waals surface area contributed by atoms with Crippen molar-refractivity contribution in [3.05, 3.63) is 77.9 Å². The van der Waals surface area contributed by atoms with Crippen LogP contribution in [0.3, 0.4) is 0 Å². The first-order valence-corrected chi connectivity index (χ1v) is 12.3. The number of pyridine rings is 1. The number of ether oxygens (including phenoxy) is 1. The van der Waals surface area contributed by atoms with Crippen LogP contribution in [0.5, 0.6) is 0 Å². The molecule has 2 N–H and O–H groups in total. The zero-order valence-electron chi connectivity index (χ0n) is 20.2. The van der Waals surface area contributed by atoms with Crippen LogP contribution in [0.15, 0.2) is 61.3 Å². The Morgan fingerprint density at radius 3 is 2.69 bits per heavy atom. The monoisotopic (exact) mass is 505 g/mol. The lowest BCUT2D eigenvalue weighted by atomic mass is 9.88. The van der Waals surface area contributed by atoms with E-state index in [1.54, 1.807) is 18.7 Å². The molecule has 1 aromatic carbocycles. The van der Waals surface area contributed by atoms with Gasteiger partial charge >= 0.3 is 6.09 Å². The Hall–Kier alpha value is -3.72. The molecule has 3 aromatic heterocycles. The van der Waals surface area contributed by atoms with Gasteiger partial charge in [-0.05, 0) is 63.4 Å². The van der Waals surface area contributed by atoms with Crippen LogP contribution in [0.25, 0.3) is 17.1 Å². The Bertz CT molecular complexity index is 1360. The van der Waals surface area contributed by atoms with Crippen LogP contribution in [-0.4, -0.2) is 41.0 Å². The number of amides is 1. The highest BCUT2D eigenvalue weighted by Gasteiger charge is 2.34. The van der Waals surface area contributed by atoms with E-state index in [9.17, 15) is 4.79 Å². The van der Waals surface area contributed by atoms with Gasteiger partial charge in [0.1, 0.15) is 11.4 Å². The van der Waals surface area contributed by atoms with Crippen molar-refractivity contribution >= 4 is 17.7 Å². The average molecular weight is 506 g/mol. The Balaban J connectivity index is 1.50. The molecule has 0 bridgehead atoms. The van der Waals surface area contributed by atoms with Crippen molar-refractivity contribution in [2.24, 2.45) is 5.73 Å². The van der Waals surface area contributed by atoms with Gasteiger partial charge in [0, 0.05) is 53.2 Å². The minimum atomic E-state index is -0.802. The fourth-order valence-corrected chi connectivity index (χ4v) is 4.80. The minimum absolute atomic E-state index is 0.105. The Morgan fingerprint density at radius 1 is 1.22 bits per heavy atom. The second kappa shape index (κ2) is 9.73. The molecule has 5 rings (SSSR count). The van der Waals surface area contributed by atoms with E-state index < -0.39 is 11.7 Å². The third-order valence-electron chi connectivity index (χ3n) is 6.29. The third kappa shape index (κ3) is 5.41. The fourth-order valence-electron chi connectivity index (χ4n) is 4.61. The summed E-state index contributed by atoms with van der Waals surface area (Å²) in [6, 6.07) is 11.8. The zero-order valence-corrected chi connectivity index (χ0v) is 21.0. The van der Waals surface area contributed by atoms with Crippen molar-refractivity contribution in [1.82, 2.24) is 29.3 Å². The quantitative estimate of drug-likeness (QED) is 0.338. The van der Waals surface area contributed by atoms with Gasteiger partial charge < -0.3 is 19.6 Å². The van der Waals surface area contributed by atoms with Gasteiger partial charge in [0.2, 0.25) is 0 Å². The van der Waals surface area contributed by atoms with Crippen molar-refractivity contribution in [2.75, 3.05) is 0 Å². The summed E-state index contributed by atoms with van der Waals surface area (Å²) in [7, 11) is 0. The third-order valence-corrected chi connectivity index (χ3v) is 6.52. The van der Waals surface area contributed by atoms with Crippen LogP contribution in [0.2, 0.25) is 5.02 Å². The summed E-state index contributed by atoms with van der Waals surface area (Å²) < 4.78 is 9.61. The molecule has 10 heteroatoms. The van der Waals surface area contributed by atoms with Crippen molar-refractivity contribution in [1.29, 1.82) is 0 Å². The number of nitrogens with two attached hydrogens (primary N) is 1. The number of halogens is 1. The van der Waals surface area contributed by atoms with E-state index in [2.05, 4.69) is 19.7 Å². The highest BCUT2D eigenvalue weighted by molar-refractivity contribution is 6.30. The van der Waals surface area contributed by atoms with Crippen LogP contribution >= 0.6 is 11.6 Å². The lowest BCUT2D eigenvalue weighted by Crippen LogP contribution is -2.33. The van der Waals surface area contributed by atoms with Gasteiger partial charge in [0.25, 0.3) is 0 Å². The first-order valence-electron chi connectivity index (χ1n) is 11.9. The van der Waals surface area contributed by atoms with Gasteiger partial charge in [-0.3, -0.25) is 4.98 Å². The molecule has 0 unspecified atom stereocenters. The number of hydrogen-bond acceptors (Lipinski definition) is 6. The molecule has 0 radical (unpaired) electrons. The van der Waals surface area contributed by atoms with Crippen LogP contribution in [0, 0.1) is 0 Å². The van der Waals surface area contributed by atoms with Gasteiger partial charge in [-0.25, -0.2) is 9.78 Å². The summed E-state index contributed by atoms with van der Waals surface area (Å²) >= 11 is 6.20. The molecule has 0 spiro atoms. The lowest BCUT2D eigenvalue weighted by Gasteiger charge is -2.28. The normalized spacial score (nSPS) is 14.5. The Labute approximate surface area is 214 Å². The van der Waals surface area contributed by atoms with E-state index in [1.165, 1.54) is 0 Å². The van der Waals surface area contributed by atoms with Gasteiger partial charge in [0.15, 0.2) is 5.82 Å². The van der Waals surface area contributed by atoms with E-state index in [0.29, 0.717) is 23.9 Å². The van der Waals surface area contributed by atoms with Crippen LogP contribution in [0.4, 0.5) is 4.79 Å². The van der Waals surface area contributed by atoms with Crippen LogP contribution < -0.4 is 5.73 Å². The fraction of sp³-hybridized carbons (Fsp3) is 0.346. The van der Waals surface area contributed by atoms with Gasteiger partial charge in [-0.15, -0.1) is 10.2 Å². The first kappa shape index (κ1) is 24.0. The predicted molar refractivity (Wildman–Crippen MR) is 136 cm³/mol. The first-order chi connectivity index (χ1) is 17.3. The van der Waals surface area contributed by atoms with E-state index in [4.69, 9.17) is 27.1 Å². The number of benzene rings is 1. The molecule has 9 nitrogen and oxygen atoms in total. The number of rotatable bonds is 9. The molecular formula is C26H28ClN7O2. The smallest absolute Gasteiger partial charge is 0.405 e. The molecule has 0 aliphatic heterocycles. The Kier molecular flexibility index (Phi) is 6.49. The summed E-state index contributed by atoms with van der Waals surface area (Å²) in [5.41, 5.74) is 7.30. The van der Waals surface area contributed by atoms with E-state index in [1.807, 2.05) is 61.0 Å². The van der Waals surface area contributed by atoms with Gasteiger partial charge in [-0.2, -0.15) is 0 Å². The molecular weight excluding hydrogens is 478 g/mol. The van der Waals surface area contributed by atoms with Gasteiger partial charge in [0.05, 0.1) is 12.0 Å². The molecule has 1 aliphatic carbocycles. The summed E-state index contributed by atoms with van der Waals surface area (Å²) in [6.45, 7) is 3.71. The van der Waals surface area contributed by atoms with Crippen molar-refractivity contribution in [2.45, 2.75) is 57.1 Å². The molecule has 36 heavy (non-hydrogen) atoms. The molecule has 186 valence electrons. The summed E-state index contributed by atoms with van der Waals surface area (Å²) in [4.78, 5) is 20.4. The molecule has 0 saturated heterocycles. The maximum atomic E-state index is 11.6. The predicted octanol–water partition coefficient (Wildman–Crippen LogP) is 5.10. The molecule has 1 saturated carbocycles. The second-order valence-corrected chi connectivity index (χ2v) is 10.2. The number of carbonyl (C=O) groups is 1. The minimum Gasteiger partial charge on any atom is -0.444 e. The number of hydrogen-bond donors (Lipinski definition) is 1. The molecule has 4 aromatic rings. The second-order valence-electron chi connectivity index (χ2n) is 9.75. The highest BCUT2D eigenvalue weighted by Crippen LogP contribution is 2.40. The van der Waals surface area contributed by atoms with Crippen molar-refractivity contribution < 1.29 is 9.53 Å². The zero-order chi connectivity index (χ0) is 25.3. The number of nitrogens with zero attached hydrogens (tertiary/aromatic N) is 6. The standard InChI is InChI=1S/C26H28ClN7O2/c1-26(2,36-25(28)35)14-18(22-15-33(16-30-22)21-5-3-4-19(27)13-21)12-23-31-32-24(34(23)20-6-7-20)17-8-10-29-11-9-17/h3-5,8-11,13,15-16,18,20H,6-7,12,14H2,1-2H3,(H2,28,35)/t18-/m0/s1. The number of primary amides is 1. The van der Waals surface area contributed by atoms with E-state index in [0.717, 1.165) is 41.4 Å². The van der Waals surface area contributed by atoms with E-state index >= 15 is 0 Å². The molecule has 1 aliphatic rings. The largest absolute Gasteiger partial charge is 0.444 e. The van der Waals surface area contributed by atoms with Crippen LogP contribution in [-0.2, 0) is 11.2 Å². The summed E-state index contributed by atoms with van der Waals surface area (Å²) in [6.07, 6.45) is 9.73. The van der Waals surface area contributed by atoms with Crippen LogP contribution in [0.1, 0.15) is 56.6 Å². The van der Waals surface area contributed by atoms with E-state index in [-0.39, 0.29) is 5.92 Å². The molecule has 3 heterocycles. The highest BCUT2D eigenvalue weighted by atomic mass is 35.5. The summed E-state index contributed by atoms with van der Waals surface area (Å²) in [5, 5.41) is 9.79. The maximum absolute atomic E-state index is 11.6. The number of aromatic nitrogens is 6. The topological polar surface area (TPSA) is 114 Å². The lowest BCUT2D eigenvalue weighted by molar-refractivity contribution is 0.0332. The Morgan fingerprint density at radius 2 is 2.00 bits per heavy atom. The van der Waals surface area contributed by atoms with Crippen molar-refractivity contribution in [3.63, 3.8) is 0 Å². The SMILES string of the molecule is CC(C)(C[C@H](Cc1nnc(-c2ccncc2)n1C1CC1)c1cn(-c2cccc(Cl)c2)cn1)OC(N)=O. The summed E-state index contributed by atoms with van der Waals surface area (Å²) in [5.74, 6) is 1.61. The van der Waals surface area contributed by atoms with Crippen molar-refractivity contribution in [3.8, 4) is 17.1 Å². The number of imidazole rings is 1. The molecule has 1 fully saturated rings. The molecule has 1 amide bonds. The molecule has 1 atom stereocenters. The maximum Gasteiger partial charge on any atom is 0.405 e. The number of carbonyl (C=O) groups excluding carboxylic acids is 1.